The van der Waals surface area contributed by atoms with Crippen molar-refractivity contribution >= 4 is 57.3 Å². The third-order valence-electron chi connectivity index (χ3n) is 3.89. The quantitative estimate of drug-likeness (QED) is 0.406. The summed E-state index contributed by atoms with van der Waals surface area (Å²) in [5, 5.41) is 13.1. The van der Waals surface area contributed by atoms with Crippen LogP contribution in [0.5, 0.6) is 0 Å². The van der Waals surface area contributed by atoms with Gasteiger partial charge < -0.3 is 10.6 Å². The standard InChI is InChI=1S/C17H18ClF3N4O2S2/c1-3-9(4-2)14(27)23-15-24-25-16(29-15)28-8-13(26)22-12-7-10(17(19,20)21)5-6-11(12)18/h5-7,9H,3-4,8H2,1-2H3,(H,22,26)(H,23,24,27). The summed E-state index contributed by atoms with van der Waals surface area (Å²) in [6.07, 6.45) is -3.12. The molecule has 0 saturated heterocycles. The number of hydrogen-bond acceptors (Lipinski definition) is 6. The van der Waals surface area contributed by atoms with Gasteiger partial charge in [0, 0.05) is 5.92 Å². The van der Waals surface area contributed by atoms with Gasteiger partial charge in [0.25, 0.3) is 0 Å². The van der Waals surface area contributed by atoms with Crippen LogP contribution in [-0.2, 0) is 15.8 Å². The summed E-state index contributed by atoms with van der Waals surface area (Å²) < 4.78 is 38.8. The Labute approximate surface area is 178 Å². The van der Waals surface area contributed by atoms with Crippen molar-refractivity contribution in [2.45, 2.75) is 37.2 Å². The lowest BCUT2D eigenvalue weighted by Gasteiger charge is -2.11. The minimum atomic E-state index is -4.54. The highest BCUT2D eigenvalue weighted by Gasteiger charge is 2.31. The average Bonchev–Trinajstić information content (AvgIpc) is 3.09. The van der Waals surface area contributed by atoms with Crippen LogP contribution >= 0.6 is 34.7 Å². The number of alkyl halides is 3. The lowest BCUT2D eigenvalue weighted by atomic mass is 10.0. The Hall–Kier alpha value is -1.85. The molecule has 2 aromatic rings. The topological polar surface area (TPSA) is 84.0 Å². The Kier molecular flexibility index (Phi) is 8.29. The zero-order valence-corrected chi connectivity index (χ0v) is 17.9. The molecule has 2 N–H and O–H groups in total. The molecule has 1 aromatic carbocycles. The highest BCUT2D eigenvalue weighted by atomic mass is 35.5. The number of nitrogens with one attached hydrogen (secondary N) is 2. The summed E-state index contributed by atoms with van der Waals surface area (Å²) in [6.45, 7) is 3.84. The van der Waals surface area contributed by atoms with Crippen molar-refractivity contribution in [2.75, 3.05) is 16.4 Å². The number of carbonyl (C=O) groups is 2. The van der Waals surface area contributed by atoms with E-state index in [1.54, 1.807) is 0 Å². The normalized spacial score (nSPS) is 11.6. The molecular formula is C17H18ClF3N4O2S2. The maximum absolute atomic E-state index is 12.8. The van der Waals surface area contributed by atoms with E-state index >= 15 is 0 Å². The van der Waals surface area contributed by atoms with E-state index in [-0.39, 0.29) is 28.3 Å². The number of amides is 2. The summed E-state index contributed by atoms with van der Waals surface area (Å²) in [5.41, 5.74) is -1.03. The van der Waals surface area contributed by atoms with Crippen molar-refractivity contribution < 1.29 is 22.8 Å². The van der Waals surface area contributed by atoms with E-state index in [1.165, 1.54) is 0 Å². The van der Waals surface area contributed by atoms with Gasteiger partial charge in [-0.2, -0.15) is 13.2 Å². The zero-order valence-electron chi connectivity index (χ0n) is 15.5. The summed E-state index contributed by atoms with van der Waals surface area (Å²) in [7, 11) is 0. The van der Waals surface area contributed by atoms with E-state index in [9.17, 15) is 22.8 Å². The third kappa shape index (κ3) is 6.86. The van der Waals surface area contributed by atoms with Crippen LogP contribution in [0.25, 0.3) is 0 Å². The number of hydrogen-bond donors (Lipinski definition) is 2. The molecule has 0 atom stereocenters. The number of halogens is 4. The van der Waals surface area contributed by atoms with Gasteiger partial charge in [0.05, 0.1) is 22.0 Å². The van der Waals surface area contributed by atoms with Gasteiger partial charge in [0.2, 0.25) is 16.9 Å². The van der Waals surface area contributed by atoms with Gasteiger partial charge in [0.15, 0.2) is 4.34 Å². The van der Waals surface area contributed by atoms with Crippen LogP contribution in [0, 0.1) is 5.92 Å². The molecule has 0 aliphatic carbocycles. The molecule has 12 heteroatoms. The lowest BCUT2D eigenvalue weighted by molar-refractivity contribution is -0.137. The van der Waals surface area contributed by atoms with E-state index in [0.717, 1.165) is 41.3 Å². The summed E-state index contributed by atoms with van der Waals surface area (Å²) in [6, 6.07) is 2.69. The van der Waals surface area contributed by atoms with E-state index in [1.807, 2.05) is 13.8 Å². The highest BCUT2D eigenvalue weighted by molar-refractivity contribution is 8.01. The minimum Gasteiger partial charge on any atom is -0.324 e. The molecule has 6 nitrogen and oxygen atoms in total. The Balaban J connectivity index is 1.92. The lowest BCUT2D eigenvalue weighted by Crippen LogP contribution is -2.21. The van der Waals surface area contributed by atoms with Crippen LogP contribution in [-0.4, -0.2) is 27.8 Å². The number of carbonyl (C=O) groups excluding carboxylic acids is 2. The zero-order chi connectivity index (χ0) is 21.6. The van der Waals surface area contributed by atoms with Crippen molar-refractivity contribution in [2.24, 2.45) is 5.92 Å². The van der Waals surface area contributed by atoms with Gasteiger partial charge in [-0.05, 0) is 31.0 Å². The Morgan fingerprint density at radius 1 is 1.21 bits per heavy atom. The van der Waals surface area contributed by atoms with Gasteiger partial charge >= 0.3 is 6.18 Å². The fraction of sp³-hybridized carbons (Fsp3) is 0.412. The van der Waals surface area contributed by atoms with Crippen molar-refractivity contribution in [1.82, 2.24) is 10.2 Å². The first-order chi connectivity index (χ1) is 13.6. The minimum absolute atomic E-state index is 0.00123. The maximum atomic E-state index is 12.8. The molecule has 0 radical (unpaired) electrons. The number of benzene rings is 1. The molecule has 0 bridgehead atoms. The van der Waals surface area contributed by atoms with E-state index in [4.69, 9.17) is 11.6 Å². The largest absolute Gasteiger partial charge is 0.416 e. The predicted molar refractivity (Wildman–Crippen MR) is 108 cm³/mol. The molecule has 0 spiro atoms. The van der Waals surface area contributed by atoms with Crippen molar-refractivity contribution in [3.05, 3.63) is 28.8 Å². The van der Waals surface area contributed by atoms with Crippen LogP contribution < -0.4 is 10.6 Å². The van der Waals surface area contributed by atoms with E-state index in [0.29, 0.717) is 22.3 Å². The predicted octanol–water partition coefficient (Wildman–Crippen LogP) is 5.32. The van der Waals surface area contributed by atoms with E-state index < -0.39 is 17.6 Å². The molecular weight excluding hydrogens is 449 g/mol. The molecule has 0 saturated carbocycles. The van der Waals surface area contributed by atoms with Crippen molar-refractivity contribution in [1.29, 1.82) is 0 Å². The molecule has 2 rings (SSSR count). The summed E-state index contributed by atoms with van der Waals surface area (Å²) in [5.74, 6) is -0.909. The second kappa shape index (κ2) is 10.3. The SMILES string of the molecule is CCC(CC)C(=O)Nc1nnc(SCC(=O)Nc2cc(C(F)(F)F)ccc2Cl)s1. The number of nitrogens with zero attached hydrogens (tertiary/aromatic N) is 2. The van der Waals surface area contributed by atoms with Gasteiger partial charge in [-0.3, -0.25) is 9.59 Å². The second-order valence-electron chi connectivity index (χ2n) is 5.91. The number of rotatable bonds is 8. The van der Waals surface area contributed by atoms with Gasteiger partial charge in [-0.15, -0.1) is 10.2 Å². The first-order valence-electron chi connectivity index (χ1n) is 8.57. The Morgan fingerprint density at radius 2 is 1.90 bits per heavy atom. The molecule has 0 aliphatic rings. The number of anilines is 2. The molecule has 1 aromatic heterocycles. The van der Waals surface area contributed by atoms with Crippen LogP contribution in [0.3, 0.4) is 0 Å². The van der Waals surface area contributed by atoms with Crippen LogP contribution in [0.4, 0.5) is 24.0 Å². The van der Waals surface area contributed by atoms with E-state index in [2.05, 4.69) is 20.8 Å². The van der Waals surface area contributed by atoms with Gasteiger partial charge in [0.1, 0.15) is 0 Å². The smallest absolute Gasteiger partial charge is 0.324 e. The number of thioether (sulfide) groups is 1. The number of aromatic nitrogens is 2. The molecule has 2 amide bonds. The first-order valence-corrected chi connectivity index (χ1v) is 10.8. The second-order valence-corrected chi connectivity index (χ2v) is 8.51. The fourth-order valence-electron chi connectivity index (χ4n) is 2.30. The molecule has 1 heterocycles. The molecule has 0 unspecified atom stereocenters. The first kappa shape index (κ1) is 23.4. The van der Waals surface area contributed by atoms with Crippen LogP contribution in [0.15, 0.2) is 22.5 Å². The molecule has 29 heavy (non-hydrogen) atoms. The van der Waals surface area contributed by atoms with Gasteiger partial charge in [-0.1, -0.05) is 48.5 Å². The average molecular weight is 467 g/mol. The van der Waals surface area contributed by atoms with Crippen LogP contribution in [0.1, 0.15) is 32.3 Å². The van der Waals surface area contributed by atoms with Crippen LogP contribution in [0.2, 0.25) is 5.02 Å². The van der Waals surface area contributed by atoms with Gasteiger partial charge in [-0.25, -0.2) is 0 Å². The molecule has 0 fully saturated rings. The Morgan fingerprint density at radius 3 is 2.52 bits per heavy atom. The van der Waals surface area contributed by atoms with Crippen molar-refractivity contribution in [3.63, 3.8) is 0 Å². The Bertz CT molecular complexity index is 873. The fourth-order valence-corrected chi connectivity index (χ4v) is 4.02. The molecule has 0 aliphatic heterocycles. The molecule has 158 valence electrons. The third-order valence-corrected chi connectivity index (χ3v) is 6.19. The summed E-state index contributed by atoms with van der Waals surface area (Å²) >= 11 is 8.02. The summed E-state index contributed by atoms with van der Waals surface area (Å²) in [4.78, 5) is 24.1. The maximum Gasteiger partial charge on any atom is 0.416 e. The monoisotopic (exact) mass is 466 g/mol. The highest BCUT2D eigenvalue weighted by Crippen LogP contribution is 2.34. The van der Waals surface area contributed by atoms with Crippen molar-refractivity contribution in [3.8, 4) is 0 Å².